The van der Waals surface area contributed by atoms with Gasteiger partial charge in [-0.2, -0.15) is 0 Å². The van der Waals surface area contributed by atoms with Crippen LogP contribution in [0.4, 0.5) is 0 Å². The molecule has 4 nitrogen and oxygen atoms in total. The Hall–Kier alpha value is -1.06. The number of amides is 1. The number of carbonyl (C=O) groups excluding carboxylic acids is 2. The summed E-state index contributed by atoms with van der Waals surface area (Å²) < 4.78 is 4.65. The normalized spacial score (nSPS) is 24.9. The second kappa shape index (κ2) is 6.51. The van der Waals surface area contributed by atoms with E-state index in [9.17, 15) is 9.59 Å². The monoisotopic (exact) mass is 227 g/mol. The van der Waals surface area contributed by atoms with Gasteiger partial charge in [0.25, 0.3) is 0 Å². The van der Waals surface area contributed by atoms with Gasteiger partial charge in [-0.15, -0.1) is 0 Å². The van der Waals surface area contributed by atoms with Gasteiger partial charge in [-0.25, -0.2) is 0 Å². The number of hydrogen-bond donors (Lipinski definition) is 1. The predicted octanol–water partition coefficient (Wildman–Crippen LogP) is 1.63. The van der Waals surface area contributed by atoms with E-state index in [2.05, 4.69) is 10.1 Å². The summed E-state index contributed by atoms with van der Waals surface area (Å²) >= 11 is 0. The highest BCUT2D eigenvalue weighted by Crippen LogP contribution is 2.27. The van der Waals surface area contributed by atoms with Gasteiger partial charge in [-0.3, -0.25) is 9.59 Å². The highest BCUT2D eigenvalue weighted by Gasteiger charge is 2.23. The molecule has 0 bridgehead atoms. The number of methoxy groups -OCH3 is 1. The Morgan fingerprint density at radius 1 is 1.25 bits per heavy atom. The van der Waals surface area contributed by atoms with E-state index < -0.39 is 0 Å². The number of ether oxygens (including phenoxy) is 1. The van der Waals surface area contributed by atoms with Gasteiger partial charge in [0.15, 0.2) is 0 Å². The van der Waals surface area contributed by atoms with Gasteiger partial charge >= 0.3 is 5.97 Å². The van der Waals surface area contributed by atoms with Gasteiger partial charge in [0.05, 0.1) is 7.11 Å². The average molecular weight is 227 g/mol. The van der Waals surface area contributed by atoms with Crippen molar-refractivity contribution in [3.63, 3.8) is 0 Å². The van der Waals surface area contributed by atoms with Crippen molar-refractivity contribution in [2.24, 2.45) is 5.92 Å². The Morgan fingerprint density at radius 2 is 1.88 bits per heavy atom. The second-order valence-electron chi connectivity index (χ2n) is 4.42. The zero-order valence-electron chi connectivity index (χ0n) is 10.1. The summed E-state index contributed by atoms with van der Waals surface area (Å²) in [6.45, 7) is 1.86. The SMILES string of the molecule is CCC(=O)NC1CCC(CC(=O)OC)CC1. The van der Waals surface area contributed by atoms with Crippen LogP contribution < -0.4 is 5.32 Å². The molecule has 0 aromatic rings. The Kier molecular flexibility index (Phi) is 5.29. The lowest BCUT2D eigenvalue weighted by Crippen LogP contribution is -2.37. The van der Waals surface area contributed by atoms with Gasteiger partial charge < -0.3 is 10.1 Å². The summed E-state index contributed by atoms with van der Waals surface area (Å²) in [5.74, 6) is 0.430. The van der Waals surface area contributed by atoms with Gasteiger partial charge in [-0.05, 0) is 31.6 Å². The van der Waals surface area contributed by atoms with Crippen LogP contribution in [0.5, 0.6) is 0 Å². The zero-order valence-corrected chi connectivity index (χ0v) is 10.1. The van der Waals surface area contributed by atoms with Crippen molar-refractivity contribution in [2.75, 3.05) is 7.11 Å². The lowest BCUT2D eigenvalue weighted by molar-refractivity contribution is -0.142. The van der Waals surface area contributed by atoms with Crippen molar-refractivity contribution in [3.8, 4) is 0 Å². The molecule has 0 unspecified atom stereocenters. The summed E-state index contributed by atoms with van der Waals surface area (Å²) in [5, 5.41) is 3.00. The van der Waals surface area contributed by atoms with Gasteiger partial charge in [0.2, 0.25) is 5.91 Å². The van der Waals surface area contributed by atoms with E-state index >= 15 is 0 Å². The molecule has 1 saturated carbocycles. The third kappa shape index (κ3) is 4.21. The van der Waals surface area contributed by atoms with Crippen LogP contribution in [-0.4, -0.2) is 25.0 Å². The first kappa shape index (κ1) is 13.0. The molecule has 92 valence electrons. The summed E-state index contributed by atoms with van der Waals surface area (Å²) in [7, 11) is 1.43. The zero-order chi connectivity index (χ0) is 12.0. The Morgan fingerprint density at radius 3 is 2.38 bits per heavy atom. The largest absolute Gasteiger partial charge is 0.469 e. The molecule has 1 aliphatic carbocycles. The molecule has 0 atom stereocenters. The Balaban J connectivity index is 2.23. The summed E-state index contributed by atoms with van der Waals surface area (Å²) in [5.41, 5.74) is 0. The van der Waals surface area contributed by atoms with E-state index in [1.165, 1.54) is 7.11 Å². The summed E-state index contributed by atoms with van der Waals surface area (Å²) in [6, 6.07) is 0.307. The van der Waals surface area contributed by atoms with E-state index in [0.29, 0.717) is 24.8 Å². The standard InChI is InChI=1S/C12H21NO3/c1-3-11(14)13-10-6-4-9(5-7-10)8-12(15)16-2/h9-10H,3-8H2,1-2H3,(H,13,14). The molecule has 0 spiro atoms. The van der Waals surface area contributed by atoms with Crippen LogP contribution in [0.25, 0.3) is 0 Å². The highest BCUT2D eigenvalue weighted by atomic mass is 16.5. The molecule has 1 fully saturated rings. The van der Waals surface area contributed by atoms with Crippen molar-refractivity contribution in [2.45, 2.75) is 51.5 Å². The minimum atomic E-state index is -0.124. The molecule has 4 heteroatoms. The number of nitrogens with one attached hydrogen (secondary N) is 1. The number of esters is 1. The van der Waals surface area contributed by atoms with Gasteiger partial charge in [0.1, 0.15) is 0 Å². The van der Waals surface area contributed by atoms with Crippen LogP contribution in [0.15, 0.2) is 0 Å². The maximum absolute atomic E-state index is 11.2. The van der Waals surface area contributed by atoms with Crippen molar-refractivity contribution in [1.29, 1.82) is 0 Å². The van der Waals surface area contributed by atoms with Crippen molar-refractivity contribution in [1.82, 2.24) is 5.32 Å². The Bertz CT molecular complexity index is 219. The van der Waals surface area contributed by atoms with Crippen molar-refractivity contribution >= 4 is 11.9 Å². The number of rotatable bonds is 4. The van der Waals surface area contributed by atoms with E-state index in [1.54, 1.807) is 0 Å². The molecular weight excluding hydrogens is 206 g/mol. The molecule has 1 amide bonds. The lowest BCUT2D eigenvalue weighted by Gasteiger charge is -2.28. The highest BCUT2D eigenvalue weighted by molar-refractivity contribution is 5.75. The minimum Gasteiger partial charge on any atom is -0.469 e. The molecule has 0 radical (unpaired) electrons. The molecule has 0 aliphatic heterocycles. The predicted molar refractivity (Wildman–Crippen MR) is 60.8 cm³/mol. The molecule has 1 aliphatic rings. The number of carbonyl (C=O) groups is 2. The van der Waals surface area contributed by atoms with Gasteiger partial charge in [-0.1, -0.05) is 6.92 Å². The smallest absolute Gasteiger partial charge is 0.305 e. The van der Waals surface area contributed by atoms with Gasteiger partial charge in [0, 0.05) is 18.9 Å². The van der Waals surface area contributed by atoms with Crippen LogP contribution in [0.3, 0.4) is 0 Å². The molecule has 0 aromatic carbocycles. The average Bonchev–Trinajstić information content (AvgIpc) is 2.31. The second-order valence-corrected chi connectivity index (χ2v) is 4.42. The first-order valence-electron chi connectivity index (χ1n) is 6.01. The molecule has 1 rings (SSSR count). The van der Waals surface area contributed by atoms with Crippen molar-refractivity contribution in [3.05, 3.63) is 0 Å². The summed E-state index contributed by atoms with van der Waals surface area (Å²) in [4.78, 5) is 22.3. The van der Waals surface area contributed by atoms with E-state index in [4.69, 9.17) is 0 Å². The molecule has 0 aromatic heterocycles. The topological polar surface area (TPSA) is 55.4 Å². The maximum atomic E-state index is 11.2. The third-order valence-corrected chi connectivity index (χ3v) is 3.22. The van der Waals surface area contributed by atoms with Crippen LogP contribution >= 0.6 is 0 Å². The summed E-state index contributed by atoms with van der Waals surface area (Å²) in [6.07, 6.45) is 5.03. The molecule has 16 heavy (non-hydrogen) atoms. The third-order valence-electron chi connectivity index (χ3n) is 3.22. The van der Waals surface area contributed by atoms with E-state index in [0.717, 1.165) is 25.7 Å². The van der Waals surface area contributed by atoms with Crippen LogP contribution in [0.2, 0.25) is 0 Å². The molecular formula is C12H21NO3. The number of hydrogen-bond acceptors (Lipinski definition) is 3. The minimum absolute atomic E-state index is 0.122. The maximum Gasteiger partial charge on any atom is 0.305 e. The van der Waals surface area contributed by atoms with Crippen molar-refractivity contribution < 1.29 is 14.3 Å². The van der Waals surface area contributed by atoms with E-state index in [1.807, 2.05) is 6.92 Å². The first-order chi connectivity index (χ1) is 7.65. The quantitative estimate of drug-likeness (QED) is 0.743. The Labute approximate surface area is 96.7 Å². The fourth-order valence-electron chi connectivity index (χ4n) is 2.16. The fourth-order valence-corrected chi connectivity index (χ4v) is 2.16. The molecule has 0 saturated heterocycles. The van der Waals surface area contributed by atoms with Crippen LogP contribution in [0.1, 0.15) is 45.4 Å². The van der Waals surface area contributed by atoms with E-state index in [-0.39, 0.29) is 11.9 Å². The first-order valence-corrected chi connectivity index (χ1v) is 6.01. The molecule has 1 N–H and O–H groups in total. The van der Waals surface area contributed by atoms with Crippen LogP contribution in [0, 0.1) is 5.92 Å². The fraction of sp³-hybridized carbons (Fsp3) is 0.833. The molecule has 0 heterocycles. The van der Waals surface area contributed by atoms with Crippen LogP contribution in [-0.2, 0) is 14.3 Å². The lowest BCUT2D eigenvalue weighted by atomic mass is 9.84.